The molecule has 2 aliphatic rings. The van der Waals surface area contributed by atoms with Gasteiger partial charge in [-0.15, -0.1) is 0 Å². The molecule has 1 saturated heterocycles. The lowest BCUT2D eigenvalue weighted by Gasteiger charge is -2.40. The third-order valence-corrected chi connectivity index (χ3v) is 6.54. The van der Waals surface area contributed by atoms with E-state index in [0.717, 1.165) is 38.8 Å². The van der Waals surface area contributed by atoms with E-state index in [1.807, 2.05) is 0 Å². The molecule has 0 atom stereocenters. The topological polar surface area (TPSA) is 75.4 Å². The number of nitrogens with one attached hydrogen (secondary N) is 1. The van der Waals surface area contributed by atoms with Gasteiger partial charge in [0.05, 0.1) is 5.75 Å². The third-order valence-electron chi connectivity index (χ3n) is 4.89. The van der Waals surface area contributed by atoms with Crippen molar-refractivity contribution in [1.29, 1.82) is 0 Å². The number of sulfonamides is 1. The molecule has 1 heterocycles. The SMILES string of the molecule is CN1CCC(CN)(NS(=O)(=O)CC2CCCCC2)CC1. The first-order valence-electron chi connectivity index (χ1n) is 7.85. The van der Waals surface area contributed by atoms with Crippen molar-refractivity contribution in [3.63, 3.8) is 0 Å². The summed E-state index contributed by atoms with van der Waals surface area (Å²) in [6, 6.07) is 0. The maximum absolute atomic E-state index is 12.4. The van der Waals surface area contributed by atoms with Crippen LogP contribution in [0, 0.1) is 5.92 Å². The van der Waals surface area contributed by atoms with Crippen LogP contribution in [0.3, 0.4) is 0 Å². The van der Waals surface area contributed by atoms with Gasteiger partial charge in [0, 0.05) is 12.1 Å². The van der Waals surface area contributed by atoms with E-state index in [9.17, 15) is 8.42 Å². The standard InChI is InChI=1S/C14H29N3O2S/c1-17-9-7-14(12-15,8-10-17)16-20(18,19)11-13-5-3-2-4-6-13/h13,16H,2-12,15H2,1H3. The van der Waals surface area contributed by atoms with Gasteiger partial charge >= 0.3 is 0 Å². The lowest BCUT2D eigenvalue weighted by Crippen LogP contribution is -2.59. The van der Waals surface area contributed by atoms with Gasteiger partial charge in [-0.25, -0.2) is 13.1 Å². The minimum atomic E-state index is -3.22. The highest BCUT2D eigenvalue weighted by Crippen LogP contribution is 2.26. The second-order valence-corrected chi connectivity index (χ2v) is 8.44. The predicted octanol–water partition coefficient (Wildman–Crippen LogP) is 0.909. The maximum atomic E-state index is 12.4. The fourth-order valence-electron chi connectivity index (χ4n) is 3.43. The zero-order valence-corrected chi connectivity index (χ0v) is 13.4. The monoisotopic (exact) mass is 303 g/mol. The molecule has 1 saturated carbocycles. The molecule has 6 heteroatoms. The predicted molar refractivity (Wildman–Crippen MR) is 82.0 cm³/mol. The largest absolute Gasteiger partial charge is 0.329 e. The third kappa shape index (κ3) is 4.41. The molecule has 118 valence electrons. The first kappa shape index (κ1) is 16.2. The summed E-state index contributed by atoms with van der Waals surface area (Å²) < 4.78 is 27.8. The van der Waals surface area contributed by atoms with Crippen LogP contribution in [0.2, 0.25) is 0 Å². The molecular weight excluding hydrogens is 274 g/mol. The van der Waals surface area contributed by atoms with Gasteiger partial charge < -0.3 is 10.6 Å². The highest BCUT2D eigenvalue weighted by atomic mass is 32.2. The van der Waals surface area contributed by atoms with Crippen molar-refractivity contribution in [2.75, 3.05) is 32.4 Å². The van der Waals surface area contributed by atoms with E-state index in [4.69, 9.17) is 5.73 Å². The van der Waals surface area contributed by atoms with Crippen LogP contribution in [0.25, 0.3) is 0 Å². The molecule has 0 bridgehead atoms. The van der Waals surface area contributed by atoms with Crippen molar-refractivity contribution < 1.29 is 8.42 Å². The zero-order valence-electron chi connectivity index (χ0n) is 12.6. The van der Waals surface area contributed by atoms with E-state index < -0.39 is 15.6 Å². The Morgan fingerprint density at radius 3 is 2.35 bits per heavy atom. The molecule has 2 rings (SSSR count). The fraction of sp³-hybridized carbons (Fsp3) is 1.00. The van der Waals surface area contributed by atoms with Gasteiger partial charge in [0.15, 0.2) is 0 Å². The van der Waals surface area contributed by atoms with E-state index >= 15 is 0 Å². The molecule has 20 heavy (non-hydrogen) atoms. The van der Waals surface area contributed by atoms with Crippen LogP contribution >= 0.6 is 0 Å². The quantitative estimate of drug-likeness (QED) is 0.791. The highest BCUT2D eigenvalue weighted by molar-refractivity contribution is 7.89. The van der Waals surface area contributed by atoms with Crippen molar-refractivity contribution in [3.05, 3.63) is 0 Å². The number of nitrogens with two attached hydrogens (primary N) is 1. The molecule has 0 spiro atoms. The number of likely N-dealkylation sites (tertiary alicyclic amines) is 1. The molecule has 0 aromatic carbocycles. The Hall–Kier alpha value is -0.170. The molecule has 0 aromatic rings. The molecule has 0 unspecified atom stereocenters. The Morgan fingerprint density at radius 1 is 1.20 bits per heavy atom. The van der Waals surface area contributed by atoms with Crippen molar-refractivity contribution in [2.45, 2.75) is 50.5 Å². The van der Waals surface area contributed by atoms with E-state index in [2.05, 4.69) is 16.7 Å². The van der Waals surface area contributed by atoms with Crippen LogP contribution in [0.1, 0.15) is 44.9 Å². The van der Waals surface area contributed by atoms with Gasteiger partial charge in [0.2, 0.25) is 10.0 Å². The molecule has 1 aliphatic heterocycles. The number of nitrogens with zero attached hydrogens (tertiary/aromatic N) is 1. The molecule has 2 fully saturated rings. The summed E-state index contributed by atoms with van der Waals surface area (Å²) in [4.78, 5) is 2.23. The van der Waals surface area contributed by atoms with Gasteiger partial charge in [0.1, 0.15) is 0 Å². The molecule has 0 radical (unpaired) electrons. The van der Waals surface area contributed by atoms with Crippen molar-refractivity contribution in [2.24, 2.45) is 11.7 Å². The number of rotatable bonds is 5. The van der Waals surface area contributed by atoms with Crippen LogP contribution in [-0.2, 0) is 10.0 Å². The number of hydrogen-bond acceptors (Lipinski definition) is 4. The van der Waals surface area contributed by atoms with Crippen LogP contribution in [0.4, 0.5) is 0 Å². The second kappa shape index (κ2) is 6.73. The van der Waals surface area contributed by atoms with Crippen molar-refractivity contribution in [3.8, 4) is 0 Å². The summed E-state index contributed by atoms with van der Waals surface area (Å²) >= 11 is 0. The van der Waals surface area contributed by atoms with Gasteiger partial charge in [0.25, 0.3) is 0 Å². The van der Waals surface area contributed by atoms with E-state index in [-0.39, 0.29) is 5.75 Å². The summed E-state index contributed by atoms with van der Waals surface area (Å²) in [7, 11) is -1.15. The van der Waals surface area contributed by atoms with Gasteiger partial charge in [-0.2, -0.15) is 0 Å². The van der Waals surface area contributed by atoms with Crippen molar-refractivity contribution in [1.82, 2.24) is 9.62 Å². The Labute approximate surface area is 123 Å². The van der Waals surface area contributed by atoms with Gasteiger partial charge in [-0.1, -0.05) is 19.3 Å². The molecular formula is C14H29N3O2S. The number of hydrogen-bond donors (Lipinski definition) is 2. The summed E-state index contributed by atoms with van der Waals surface area (Å²) in [5.41, 5.74) is 5.46. The summed E-state index contributed by atoms with van der Waals surface area (Å²) in [5, 5.41) is 0. The Bertz CT molecular complexity index is 397. The van der Waals surface area contributed by atoms with Gasteiger partial charge in [-0.05, 0) is 51.7 Å². The smallest absolute Gasteiger partial charge is 0.212 e. The molecule has 5 nitrogen and oxygen atoms in total. The van der Waals surface area contributed by atoms with Crippen LogP contribution in [0.15, 0.2) is 0 Å². The summed E-state index contributed by atoms with van der Waals surface area (Å²) in [5.74, 6) is 0.618. The first-order chi connectivity index (χ1) is 9.45. The Kier molecular flexibility index (Phi) is 5.45. The molecule has 0 amide bonds. The van der Waals surface area contributed by atoms with Crippen molar-refractivity contribution >= 4 is 10.0 Å². The lowest BCUT2D eigenvalue weighted by molar-refractivity contribution is 0.181. The average Bonchev–Trinajstić information content (AvgIpc) is 2.42. The minimum absolute atomic E-state index is 0.282. The van der Waals surface area contributed by atoms with E-state index in [0.29, 0.717) is 12.5 Å². The van der Waals surface area contributed by atoms with E-state index in [1.54, 1.807) is 0 Å². The fourth-order valence-corrected chi connectivity index (χ4v) is 5.41. The normalized spacial score (nSPS) is 25.7. The second-order valence-electron chi connectivity index (χ2n) is 6.68. The highest BCUT2D eigenvalue weighted by Gasteiger charge is 2.36. The minimum Gasteiger partial charge on any atom is -0.329 e. The van der Waals surface area contributed by atoms with Crippen LogP contribution < -0.4 is 10.5 Å². The van der Waals surface area contributed by atoms with Gasteiger partial charge in [-0.3, -0.25) is 0 Å². The maximum Gasteiger partial charge on any atom is 0.212 e. The first-order valence-corrected chi connectivity index (χ1v) is 9.50. The van der Waals surface area contributed by atoms with E-state index in [1.165, 1.54) is 19.3 Å². The molecule has 0 aromatic heterocycles. The Balaban J connectivity index is 1.94. The average molecular weight is 303 g/mol. The van der Waals surface area contributed by atoms with Crippen LogP contribution in [-0.4, -0.2) is 51.3 Å². The lowest BCUT2D eigenvalue weighted by atomic mass is 9.89. The zero-order chi connectivity index (χ0) is 14.6. The Morgan fingerprint density at radius 2 is 1.80 bits per heavy atom. The summed E-state index contributed by atoms with van der Waals surface area (Å²) in [6.45, 7) is 2.21. The number of piperidine rings is 1. The van der Waals surface area contributed by atoms with Crippen LogP contribution in [0.5, 0.6) is 0 Å². The summed E-state index contributed by atoms with van der Waals surface area (Å²) in [6.07, 6.45) is 7.33. The molecule has 3 N–H and O–H groups in total. The molecule has 1 aliphatic carbocycles.